The monoisotopic (exact) mass is 379 g/mol. The van der Waals surface area contributed by atoms with Crippen molar-refractivity contribution >= 4 is 29.2 Å². The van der Waals surface area contributed by atoms with Gasteiger partial charge in [0, 0.05) is 33.1 Å². The van der Waals surface area contributed by atoms with Crippen LogP contribution in [0.4, 0.5) is 5.69 Å². The van der Waals surface area contributed by atoms with Gasteiger partial charge in [0.2, 0.25) is 5.91 Å². The average molecular weight is 380 g/mol. The zero-order valence-electron chi connectivity index (χ0n) is 15.8. The third-order valence-electron chi connectivity index (χ3n) is 4.44. The molecular weight excluding hydrogens is 350 g/mol. The van der Waals surface area contributed by atoms with Crippen LogP contribution in [0.2, 0.25) is 5.02 Å². The van der Waals surface area contributed by atoms with Gasteiger partial charge in [-0.25, -0.2) is 0 Å². The third-order valence-corrected chi connectivity index (χ3v) is 4.75. The van der Waals surface area contributed by atoms with E-state index >= 15 is 0 Å². The Morgan fingerprint density at radius 2 is 1.92 bits per heavy atom. The van der Waals surface area contributed by atoms with Crippen molar-refractivity contribution in [3.8, 4) is 0 Å². The van der Waals surface area contributed by atoms with Crippen LogP contribution in [0.3, 0.4) is 0 Å². The molecule has 1 aliphatic rings. The highest BCUT2D eigenvalue weighted by Gasteiger charge is 2.10. The number of anilines is 1. The number of halogens is 1. The van der Waals surface area contributed by atoms with Crippen LogP contribution in [0.5, 0.6) is 0 Å². The Morgan fingerprint density at radius 3 is 2.62 bits per heavy atom. The predicted molar refractivity (Wildman–Crippen MR) is 109 cm³/mol. The van der Waals surface area contributed by atoms with E-state index in [1.165, 1.54) is 32.4 Å². The number of benzene rings is 1. The highest BCUT2D eigenvalue weighted by atomic mass is 35.5. The molecule has 1 aromatic carbocycles. The summed E-state index contributed by atoms with van der Waals surface area (Å²) in [6, 6.07) is 5.58. The molecule has 0 aromatic heterocycles. The van der Waals surface area contributed by atoms with Crippen molar-refractivity contribution < 1.29 is 4.79 Å². The fraction of sp³-hybridized carbons (Fsp3) is 0.579. The van der Waals surface area contributed by atoms with E-state index in [1.54, 1.807) is 7.05 Å². The van der Waals surface area contributed by atoms with Crippen LogP contribution in [0.1, 0.15) is 31.2 Å². The van der Waals surface area contributed by atoms with Gasteiger partial charge in [-0.2, -0.15) is 0 Å². The van der Waals surface area contributed by atoms with Gasteiger partial charge in [0.25, 0.3) is 0 Å². The number of guanidine groups is 1. The summed E-state index contributed by atoms with van der Waals surface area (Å²) in [6.45, 7) is 6.73. The van der Waals surface area contributed by atoms with Gasteiger partial charge in [-0.3, -0.25) is 9.79 Å². The summed E-state index contributed by atoms with van der Waals surface area (Å²) in [5.74, 6) is 0.648. The average Bonchev–Trinajstić information content (AvgIpc) is 2.63. The first-order valence-corrected chi connectivity index (χ1v) is 9.69. The Labute approximate surface area is 161 Å². The topological polar surface area (TPSA) is 68.8 Å². The van der Waals surface area contributed by atoms with E-state index in [0.29, 0.717) is 23.7 Å². The number of amides is 1. The Hall–Kier alpha value is -1.79. The second-order valence-electron chi connectivity index (χ2n) is 6.61. The molecule has 7 heteroatoms. The first kappa shape index (κ1) is 20.5. The third kappa shape index (κ3) is 7.22. The second kappa shape index (κ2) is 11.0. The summed E-state index contributed by atoms with van der Waals surface area (Å²) in [7, 11) is 1.74. The minimum atomic E-state index is -0.0768. The summed E-state index contributed by atoms with van der Waals surface area (Å²) in [4.78, 5) is 18.7. The highest BCUT2D eigenvalue weighted by Crippen LogP contribution is 2.22. The Bertz CT molecular complexity index is 614. The highest BCUT2D eigenvalue weighted by molar-refractivity contribution is 6.33. The van der Waals surface area contributed by atoms with E-state index < -0.39 is 0 Å². The van der Waals surface area contributed by atoms with Gasteiger partial charge in [0.05, 0.1) is 10.7 Å². The van der Waals surface area contributed by atoms with Crippen molar-refractivity contribution in [2.75, 3.05) is 45.1 Å². The van der Waals surface area contributed by atoms with Crippen molar-refractivity contribution in [2.24, 2.45) is 4.99 Å². The molecule has 144 valence electrons. The molecule has 0 spiro atoms. The van der Waals surface area contributed by atoms with Crippen molar-refractivity contribution in [1.82, 2.24) is 15.5 Å². The first-order chi connectivity index (χ1) is 12.6. The fourth-order valence-electron chi connectivity index (χ4n) is 2.96. The molecule has 2 rings (SSSR count). The number of aryl methyl sites for hydroxylation is 1. The van der Waals surface area contributed by atoms with E-state index in [-0.39, 0.29) is 5.91 Å². The van der Waals surface area contributed by atoms with Gasteiger partial charge in [0.1, 0.15) is 0 Å². The zero-order valence-corrected chi connectivity index (χ0v) is 16.5. The van der Waals surface area contributed by atoms with Crippen LogP contribution in [0, 0.1) is 6.92 Å². The summed E-state index contributed by atoms with van der Waals surface area (Å²) < 4.78 is 0. The normalized spacial score (nSPS) is 15.6. The van der Waals surface area contributed by atoms with Gasteiger partial charge < -0.3 is 20.9 Å². The number of likely N-dealkylation sites (tertiary alicyclic amines) is 1. The molecule has 1 heterocycles. The lowest BCUT2D eigenvalue weighted by Gasteiger charge is -2.26. The van der Waals surface area contributed by atoms with Crippen LogP contribution >= 0.6 is 11.6 Å². The molecule has 0 aliphatic carbocycles. The largest absolute Gasteiger partial charge is 0.356 e. The van der Waals surface area contributed by atoms with Crippen LogP contribution in [-0.2, 0) is 4.79 Å². The van der Waals surface area contributed by atoms with Gasteiger partial charge in [0.15, 0.2) is 5.96 Å². The lowest BCUT2D eigenvalue weighted by atomic mass is 10.1. The maximum Gasteiger partial charge on any atom is 0.226 e. The minimum absolute atomic E-state index is 0.0768. The molecule has 1 fully saturated rings. The van der Waals surface area contributed by atoms with E-state index in [9.17, 15) is 4.79 Å². The molecule has 0 atom stereocenters. The molecule has 26 heavy (non-hydrogen) atoms. The van der Waals surface area contributed by atoms with Gasteiger partial charge >= 0.3 is 0 Å². The molecule has 1 aliphatic heterocycles. The van der Waals surface area contributed by atoms with Crippen LogP contribution in [-0.4, -0.2) is 56.5 Å². The lowest BCUT2D eigenvalue weighted by Crippen LogP contribution is -2.43. The van der Waals surface area contributed by atoms with Crippen molar-refractivity contribution in [3.63, 3.8) is 0 Å². The molecule has 0 unspecified atom stereocenters. The van der Waals surface area contributed by atoms with Gasteiger partial charge in [-0.05, 0) is 50.6 Å². The first-order valence-electron chi connectivity index (χ1n) is 9.31. The van der Waals surface area contributed by atoms with E-state index in [4.69, 9.17) is 11.6 Å². The number of piperidine rings is 1. The maximum absolute atomic E-state index is 12.1. The standard InChI is InChI=1S/C19H30ClN5O/c1-15-6-7-17(16(20)14-15)24-18(26)8-9-22-19(21-2)23-10-13-25-11-4-3-5-12-25/h6-7,14H,3-5,8-13H2,1-2H3,(H,24,26)(H2,21,22,23). The van der Waals surface area contributed by atoms with Crippen LogP contribution in [0.25, 0.3) is 0 Å². The number of aliphatic imine (C=N–C) groups is 1. The molecule has 6 nitrogen and oxygen atoms in total. The molecule has 3 N–H and O–H groups in total. The molecular formula is C19H30ClN5O. The second-order valence-corrected chi connectivity index (χ2v) is 7.02. The van der Waals surface area contributed by atoms with Crippen LogP contribution in [0.15, 0.2) is 23.2 Å². The fourth-order valence-corrected chi connectivity index (χ4v) is 3.25. The van der Waals surface area contributed by atoms with Gasteiger partial charge in [-0.1, -0.05) is 24.1 Å². The molecule has 0 radical (unpaired) electrons. The van der Waals surface area contributed by atoms with Gasteiger partial charge in [-0.15, -0.1) is 0 Å². The maximum atomic E-state index is 12.1. The number of hydrogen-bond acceptors (Lipinski definition) is 3. The Balaban J connectivity index is 1.64. The zero-order chi connectivity index (χ0) is 18.8. The quantitative estimate of drug-likeness (QED) is 0.503. The Kier molecular flexibility index (Phi) is 8.71. The number of nitrogens with zero attached hydrogens (tertiary/aromatic N) is 2. The van der Waals surface area contributed by atoms with Crippen LogP contribution < -0.4 is 16.0 Å². The molecule has 1 aromatic rings. The number of nitrogens with one attached hydrogen (secondary N) is 3. The number of hydrogen-bond donors (Lipinski definition) is 3. The molecule has 1 amide bonds. The smallest absolute Gasteiger partial charge is 0.226 e. The van der Waals surface area contributed by atoms with E-state index in [2.05, 4.69) is 25.8 Å². The number of carbonyl (C=O) groups is 1. The minimum Gasteiger partial charge on any atom is -0.356 e. The van der Waals surface area contributed by atoms with E-state index in [1.807, 2.05) is 25.1 Å². The number of carbonyl (C=O) groups excluding carboxylic acids is 1. The molecule has 1 saturated heterocycles. The summed E-state index contributed by atoms with van der Waals surface area (Å²) in [6.07, 6.45) is 4.29. The summed E-state index contributed by atoms with van der Waals surface area (Å²) >= 11 is 6.14. The van der Waals surface area contributed by atoms with Crippen molar-refractivity contribution in [1.29, 1.82) is 0 Å². The predicted octanol–water partition coefficient (Wildman–Crippen LogP) is 2.63. The summed E-state index contributed by atoms with van der Waals surface area (Å²) in [5, 5.41) is 9.87. The van der Waals surface area contributed by atoms with E-state index in [0.717, 1.165) is 24.6 Å². The van der Waals surface area contributed by atoms with Crippen molar-refractivity contribution in [2.45, 2.75) is 32.6 Å². The lowest BCUT2D eigenvalue weighted by molar-refractivity contribution is -0.116. The molecule has 0 bridgehead atoms. The summed E-state index contributed by atoms with van der Waals surface area (Å²) in [5.41, 5.74) is 1.71. The number of rotatable bonds is 7. The SMILES string of the molecule is CN=C(NCCC(=O)Nc1ccc(C)cc1Cl)NCCN1CCCCC1. The van der Waals surface area contributed by atoms with Crippen molar-refractivity contribution in [3.05, 3.63) is 28.8 Å². The Morgan fingerprint density at radius 1 is 1.19 bits per heavy atom. The molecule has 0 saturated carbocycles.